The summed E-state index contributed by atoms with van der Waals surface area (Å²) in [7, 11) is 0. The predicted octanol–water partition coefficient (Wildman–Crippen LogP) is 0.633. The number of likely N-dealkylation sites (tertiary alicyclic amines) is 1. The molecule has 1 rings (SSSR count). The Hall–Kier alpha value is -1.10. The van der Waals surface area contributed by atoms with Gasteiger partial charge in [-0.3, -0.25) is 9.59 Å². The molecule has 104 valence electrons. The molecule has 5 nitrogen and oxygen atoms in total. The van der Waals surface area contributed by atoms with Crippen LogP contribution in [0.15, 0.2) is 0 Å². The number of hydrogen-bond acceptors (Lipinski definition) is 3. The third kappa shape index (κ3) is 6.00. The van der Waals surface area contributed by atoms with Crippen LogP contribution in [0.2, 0.25) is 0 Å². The third-order valence-corrected chi connectivity index (χ3v) is 3.13. The Morgan fingerprint density at radius 1 is 1.22 bits per heavy atom. The number of nitrogens with two attached hydrogens (primary N) is 1. The van der Waals surface area contributed by atoms with Gasteiger partial charge in [-0.25, -0.2) is 0 Å². The molecule has 1 atom stereocenters. The van der Waals surface area contributed by atoms with Crippen molar-refractivity contribution in [3.8, 4) is 0 Å². The van der Waals surface area contributed by atoms with Gasteiger partial charge in [0.2, 0.25) is 11.8 Å². The van der Waals surface area contributed by atoms with E-state index in [1.165, 1.54) is 12.8 Å². The average Bonchev–Trinajstić information content (AvgIpc) is 2.56. The second-order valence-electron chi connectivity index (χ2n) is 5.08. The van der Waals surface area contributed by atoms with Gasteiger partial charge in [0.15, 0.2) is 0 Å². The minimum absolute atomic E-state index is 0.0753. The van der Waals surface area contributed by atoms with E-state index < -0.39 is 0 Å². The molecular weight excluding hydrogens is 230 g/mol. The van der Waals surface area contributed by atoms with Crippen LogP contribution in [-0.4, -0.2) is 42.4 Å². The van der Waals surface area contributed by atoms with Crippen LogP contribution in [0.4, 0.5) is 0 Å². The number of amides is 2. The van der Waals surface area contributed by atoms with Crippen molar-refractivity contribution < 1.29 is 9.59 Å². The fraction of sp³-hybridized carbons (Fsp3) is 0.846. The van der Waals surface area contributed by atoms with Crippen molar-refractivity contribution in [2.75, 3.05) is 19.6 Å². The van der Waals surface area contributed by atoms with Crippen molar-refractivity contribution in [3.05, 3.63) is 0 Å². The van der Waals surface area contributed by atoms with E-state index in [4.69, 9.17) is 5.73 Å². The summed E-state index contributed by atoms with van der Waals surface area (Å²) >= 11 is 0. The minimum atomic E-state index is -0.133. The summed E-state index contributed by atoms with van der Waals surface area (Å²) in [5.74, 6) is 0.0756. The maximum Gasteiger partial charge on any atom is 0.224 e. The van der Waals surface area contributed by atoms with E-state index in [0.29, 0.717) is 19.4 Å². The van der Waals surface area contributed by atoms with Gasteiger partial charge in [-0.1, -0.05) is 12.8 Å². The highest BCUT2D eigenvalue weighted by Crippen LogP contribution is 2.10. The summed E-state index contributed by atoms with van der Waals surface area (Å²) in [5.41, 5.74) is 5.52. The number of rotatable bonds is 5. The lowest BCUT2D eigenvalue weighted by molar-refractivity contribution is -0.131. The van der Waals surface area contributed by atoms with Crippen molar-refractivity contribution in [1.82, 2.24) is 10.2 Å². The second kappa shape index (κ2) is 8.08. The number of nitrogens with one attached hydrogen (secondary N) is 1. The number of hydrogen-bond donors (Lipinski definition) is 2. The van der Waals surface area contributed by atoms with Crippen LogP contribution in [0, 0.1) is 0 Å². The van der Waals surface area contributed by atoms with Gasteiger partial charge in [0.05, 0.1) is 0 Å². The van der Waals surface area contributed by atoms with Crippen molar-refractivity contribution in [2.45, 2.75) is 51.5 Å². The van der Waals surface area contributed by atoms with Crippen molar-refractivity contribution in [2.24, 2.45) is 5.73 Å². The fourth-order valence-electron chi connectivity index (χ4n) is 2.15. The molecule has 5 heteroatoms. The Labute approximate surface area is 109 Å². The molecule has 0 aliphatic carbocycles. The van der Waals surface area contributed by atoms with E-state index in [9.17, 15) is 9.59 Å². The van der Waals surface area contributed by atoms with Crippen LogP contribution in [0.25, 0.3) is 0 Å². The Kier molecular flexibility index (Phi) is 6.72. The second-order valence-corrected chi connectivity index (χ2v) is 5.08. The monoisotopic (exact) mass is 255 g/mol. The highest BCUT2D eigenvalue weighted by Gasteiger charge is 2.15. The highest BCUT2D eigenvalue weighted by atomic mass is 16.2. The SMILES string of the molecule is CC(N)CC(=O)NCCC(=O)N1CCCCCC1. The molecule has 0 aromatic carbocycles. The lowest BCUT2D eigenvalue weighted by Crippen LogP contribution is -2.36. The Morgan fingerprint density at radius 2 is 1.83 bits per heavy atom. The molecular formula is C13H25N3O2. The van der Waals surface area contributed by atoms with Gasteiger partial charge in [0, 0.05) is 38.5 Å². The lowest BCUT2D eigenvalue weighted by atomic mass is 10.2. The van der Waals surface area contributed by atoms with Gasteiger partial charge in [0.1, 0.15) is 0 Å². The molecule has 0 aromatic rings. The Bertz CT molecular complexity index is 271. The van der Waals surface area contributed by atoms with Crippen molar-refractivity contribution in [3.63, 3.8) is 0 Å². The first-order chi connectivity index (χ1) is 8.59. The molecule has 0 aromatic heterocycles. The maximum absolute atomic E-state index is 11.9. The first kappa shape index (κ1) is 15.0. The Balaban J connectivity index is 2.17. The molecule has 3 N–H and O–H groups in total. The molecule has 1 unspecified atom stereocenters. The minimum Gasteiger partial charge on any atom is -0.356 e. The quantitative estimate of drug-likeness (QED) is 0.756. The van der Waals surface area contributed by atoms with E-state index >= 15 is 0 Å². The standard InChI is InChI=1S/C13H25N3O2/c1-11(14)10-12(17)15-7-6-13(18)16-8-4-2-3-5-9-16/h11H,2-10,14H2,1H3,(H,15,17). The maximum atomic E-state index is 11.9. The van der Waals surface area contributed by atoms with Gasteiger partial charge < -0.3 is 16.0 Å². The van der Waals surface area contributed by atoms with Crippen LogP contribution < -0.4 is 11.1 Å². The molecule has 18 heavy (non-hydrogen) atoms. The van der Waals surface area contributed by atoms with E-state index in [1.54, 1.807) is 6.92 Å². The Morgan fingerprint density at radius 3 is 2.39 bits per heavy atom. The zero-order valence-corrected chi connectivity index (χ0v) is 11.3. The van der Waals surface area contributed by atoms with Gasteiger partial charge in [-0.05, 0) is 19.8 Å². The van der Waals surface area contributed by atoms with Crippen LogP contribution in [0.5, 0.6) is 0 Å². The zero-order chi connectivity index (χ0) is 13.4. The average molecular weight is 255 g/mol. The highest BCUT2D eigenvalue weighted by molar-refractivity contribution is 5.79. The normalized spacial score (nSPS) is 18.0. The third-order valence-electron chi connectivity index (χ3n) is 3.13. The molecule has 0 saturated carbocycles. The summed E-state index contributed by atoms with van der Waals surface area (Å²) in [6, 6.07) is -0.133. The summed E-state index contributed by atoms with van der Waals surface area (Å²) in [6.45, 7) is 3.95. The number of carbonyl (C=O) groups excluding carboxylic acids is 2. The van der Waals surface area contributed by atoms with Gasteiger partial charge in [0.25, 0.3) is 0 Å². The van der Waals surface area contributed by atoms with Gasteiger partial charge in [-0.15, -0.1) is 0 Å². The molecule has 1 heterocycles. The van der Waals surface area contributed by atoms with Crippen LogP contribution in [-0.2, 0) is 9.59 Å². The van der Waals surface area contributed by atoms with Crippen molar-refractivity contribution >= 4 is 11.8 Å². The molecule has 0 bridgehead atoms. The molecule has 1 aliphatic heterocycles. The lowest BCUT2D eigenvalue weighted by Gasteiger charge is -2.20. The zero-order valence-electron chi connectivity index (χ0n) is 11.3. The van der Waals surface area contributed by atoms with E-state index in [0.717, 1.165) is 25.9 Å². The molecule has 1 fully saturated rings. The predicted molar refractivity (Wildman–Crippen MR) is 70.9 cm³/mol. The van der Waals surface area contributed by atoms with Crippen molar-refractivity contribution in [1.29, 1.82) is 0 Å². The number of nitrogens with zero attached hydrogens (tertiary/aromatic N) is 1. The first-order valence-electron chi connectivity index (χ1n) is 6.89. The first-order valence-corrected chi connectivity index (χ1v) is 6.89. The van der Waals surface area contributed by atoms with E-state index in [1.807, 2.05) is 4.90 Å². The fourth-order valence-corrected chi connectivity index (χ4v) is 2.15. The summed E-state index contributed by atoms with van der Waals surface area (Å²) in [6.07, 6.45) is 5.35. The van der Waals surface area contributed by atoms with Gasteiger partial charge >= 0.3 is 0 Å². The molecule has 1 aliphatic rings. The van der Waals surface area contributed by atoms with Crippen LogP contribution in [0.3, 0.4) is 0 Å². The van der Waals surface area contributed by atoms with Gasteiger partial charge in [-0.2, -0.15) is 0 Å². The van der Waals surface area contributed by atoms with E-state index in [-0.39, 0.29) is 17.9 Å². The molecule has 2 amide bonds. The summed E-state index contributed by atoms with van der Waals surface area (Å²) < 4.78 is 0. The molecule has 0 radical (unpaired) electrons. The topological polar surface area (TPSA) is 75.4 Å². The molecule has 1 saturated heterocycles. The van der Waals surface area contributed by atoms with Crippen LogP contribution >= 0.6 is 0 Å². The van der Waals surface area contributed by atoms with E-state index in [2.05, 4.69) is 5.32 Å². The number of carbonyl (C=O) groups is 2. The summed E-state index contributed by atoms with van der Waals surface area (Å²) in [5, 5.41) is 2.73. The van der Waals surface area contributed by atoms with Crippen LogP contribution in [0.1, 0.15) is 45.4 Å². The smallest absolute Gasteiger partial charge is 0.224 e. The molecule has 0 spiro atoms. The summed E-state index contributed by atoms with van der Waals surface area (Å²) in [4.78, 5) is 25.2. The largest absolute Gasteiger partial charge is 0.356 e.